The number of rotatable bonds is 3. The van der Waals surface area contributed by atoms with Crippen LogP contribution in [0.2, 0.25) is 0 Å². The lowest BCUT2D eigenvalue weighted by molar-refractivity contribution is 0.117. The summed E-state index contributed by atoms with van der Waals surface area (Å²) in [6.45, 7) is 1.25. The van der Waals surface area contributed by atoms with Gasteiger partial charge in [0.2, 0.25) is 0 Å². The fourth-order valence-electron chi connectivity index (χ4n) is 1.65. The van der Waals surface area contributed by atoms with Gasteiger partial charge in [-0.25, -0.2) is 0 Å². The van der Waals surface area contributed by atoms with Crippen molar-refractivity contribution in [3.8, 4) is 0 Å². The lowest BCUT2D eigenvalue weighted by Crippen LogP contribution is -2.18. The fraction of sp³-hybridized carbons (Fsp3) is 0.600. The van der Waals surface area contributed by atoms with Gasteiger partial charge in [0.05, 0.1) is 19.3 Å². The van der Waals surface area contributed by atoms with E-state index in [-0.39, 0.29) is 6.10 Å². The second-order valence-electron chi connectivity index (χ2n) is 3.48. The first-order valence-corrected chi connectivity index (χ1v) is 5.52. The van der Waals surface area contributed by atoms with Crippen molar-refractivity contribution in [3.63, 3.8) is 0 Å². The molecule has 2 heterocycles. The highest BCUT2D eigenvalue weighted by Crippen LogP contribution is 2.21. The predicted octanol–water partition coefficient (Wildman–Crippen LogP) is 1.69. The van der Waals surface area contributed by atoms with Gasteiger partial charge >= 0.3 is 0 Å². The van der Waals surface area contributed by atoms with Gasteiger partial charge in [-0.1, -0.05) is 6.07 Å². The molecule has 1 aliphatic heterocycles. The minimum Gasteiger partial charge on any atom is -0.390 e. The number of aliphatic hydroxyl groups excluding tert-OH is 1. The molecule has 2 atom stereocenters. The minimum absolute atomic E-state index is 0.236. The Hall–Kier alpha value is -0.380. The molecule has 1 fully saturated rings. The average molecular weight is 198 g/mol. The molecule has 13 heavy (non-hydrogen) atoms. The van der Waals surface area contributed by atoms with Gasteiger partial charge < -0.3 is 9.84 Å². The molecule has 0 unspecified atom stereocenters. The summed E-state index contributed by atoms with van der Waals surface area (Å²) in [5.74, 6) is 0.349. The topological polar surface area (TPSA) is 29.5 Å². The summed E-state index contributed by atoms with van der Waals surface area (Å²) < 4.78 is 5.19. The molecule has 1 saturated heterocycles. The van der Waals surface area contributed by atoms with E-state index in [9.17, 15) is 5.11 Å². The van der Waals surface area contributed by atoms with Gasteiger partial charge in [0, 0.05) is 10.8 Å². The van der Waals surface area contributed by atoms with Crippen molar-refractivity contribution in [2.75, 3.05) is 13.2 Å². The monoisotopic (exact) mass is 198 g/mol. The Kier molecular flexibility index (Phi) is 2.98. The maximum absolute atomic E-state index is 9.50. The third-order valence-corrected chi connectivity index (χ3v) is 3.44. The Bertz CT molecular complexity index is 245. The molecule has 1 aromatic rings. The lowest BCUT2D eigenvalue weighted by atomic mass is 10.00. The van der Waals surface area contributed by atoms with Crippen LogP contribution in [0.3, 0.4) is 0 Å². The van der Waals surface area contributed by atoms with Crippen LogP contribution in [0.4, 0.5) is 0 Å². The molecule has 2 rings (SSSR count). The Morgan fingerprint density at radius 3 is 3.08 bits per heavy atom. The summed E-state index contributed by atoms with van der Waals surface area (Å²) >= 11 is 1.79. The first-order valence-electron chi connectivity index (χ1n) is 4.64. The van der Waals surface area contributed by atoms with E-state index in [1.807, 2.05) is 0 Å². The number of aliphatic hydroxyl groups is 1. The summed E-state index contributed by atoms with van der Waals surface area (Å²) in [5, 5.41) is 11.6. The van der Waals surface area contributed by atoms with Crippen molar-refractivity contribution >= 4 is 11.3 Å². The zero-order valence-corrected chi connectivity index (χ0v) is 8.30. The maximum atomic E-state index is 9.50. The highest BCUT2D eigenvalue weighted by molar-refractivity contribution is 7.09. The van der Waals surface area contributed by atoms with Crippen LogP contribution >= 0.6 is 11.3 Å². The van der Waals surface area contributed by atoms with Crippen LogP contribution < -0.4 is 0 Å². The van der Waals surface area contributed by atoms with E-state index in [4.69, 9.17) is 4.74 Å². The smallest absolute Gasteiger partial charge is 0.0823 e. The molecular formula is C10H14O2S. The maximum Gasteiger partial charge on any atom is 0.0823 e. The quantitative estimate of drug-likeness (QED) is 0.801. The standard InChI is InChI=1S/C10H14O2S/c11-10-7-12-6-8(10)3-4-9-2-1-5-13-9/h1-2,5,8,10-11H,3-4,6-7H2/t8-,10-/m1/s1. The van der Waals surface area contributed by atoms with Gasteiger partial charge in [0.15, 0.2) is 0 Å². The molecule has 1 aliphatic rings. The normalized spacial score (nSPS) is 28.1. The van der Waals surface area contributed by atoms with Crippen LogP contribution in [-0.2, 0) is 11.2 Å². The average Bonchev–Trinajstić information content (AvgIpc) is 2.72. The van der Waals surface area contributed by atoms with Gasteiger partial charge in [0.1, 0.15) is 0 Å². The van der Waals surface area contributed by atoms with Gasteiger partial charge in [-0.2, -0.15) is 0 Å². The zero-order valence-electron chi connectivity index (χ0n) is 7.48. The zero-order chi connectivity index (χ0) is 9.10. The van der Waals surface area contributed by atoms with E-state index in [0.717, 1.165) is 19.4 Å². The molecule has 1 N–H and O–H groups in total. The van der Waals surface area contributed by atoms with Crippen molar-refractivity contribution in [3.05, 3.63) is 22.4 Å². The second-order valence-corrected chi connectivity index (χ2v) is 4.52. The Morgan fingerprint density at radius 1 is 1.54 bits per heavy atom. The summed E-state index contributed by atoms with van der Waals surface area (Å²) in [6.07, 6.45) is 1.88. The minimum atomic E-state index is -0.236. The fourth-order valence-corrected chi connectivity index (χ4v) is 2.37. The molecule has 2 nitrogen and oxygen atoms in total. The third kappa shape index (κ3) is 2.30. The molecule has 3 heteroatoms. The van der Waals surface area contributed by atoms with E-state index in [0.29, 0.717) is 12.5 Å². The van der Waals surface area contributed by atoms with Gasteiger partial charge in [-0.15, -0.1) is 11.3 Å². The van der Waals surface area contributed by atoms with E-state index >= 15 is 0 Å². The highest BCUT2D eigenvalue weighted by atomic mass is 32.1. The van der Waals surface area contributed by atoms with E-state index < -0.39 is 0 Å². The molecule has 0 radical (unpaired) electrons. The molecular weight excluding hydrogens is 184 g/mol. The van der Waals surface area contributed by atoms with E-state index in [2.05, 4.69) is 17.5 Å². The number of thiophene rings is 1. The van der Waals surface area contributed by atoms with Gasteiger partial charge in [0.25, 0.3) is 0 Å². The molecule has 0 spiro atoms. The van der Waals surface area contributed by atoms with Crippen molar-refractivity contribution in [1.29, 1.82) is 0 Å². The van der Waals surface area contributed by atoms with Gasteiger partial charge in [-0.3, -0.25) is 0 Å². The van der Waals surface area contributed by atoms with Crippen LogP contribution in [0.15, 0.2) is 17.5 Å². The largest absolute Gasteiger partial charge is 0.390 e. The first-order chi connectivity index (χ1) is 6.36. The molecule has 0 aliphatic carbocycles. The molecule has 72 valence electrons. The van der Waals surface area contributed by atoms with Crippen LogP contribution in [0, 0.1) is 5.92 Å². The SMILES string of the molecule is O[C@@H]1COC[C@H]1CCc1cccs1. The second kappa shape index (κ2) is 4.22. The lowest BCUT2D eigenvalue weighted by Gasteiger charge is -2.10. The Balaban J connectivity index is 1.79. The summed E-state index contributed by atoms with van der Waals surface area (Å²) in [6, 6.07) is 4.22. The highest BCUT2D eigenvalue weighted by Gasteiger charge is 2.25. The van der Waals surface area contributed by atoms with Crippen molar-refractivity contribution in [2.24, 2.45) is 5.92 Å². The molecule has 0 amide bonds. The number of ether oxygens (including phenoxy) is 1. The summed E-state index contributed by atoms with van der Waals surface area (Å²) in [7, 11) is 0. The predicted molar refractivity (Wildman–Crippen MR) is 53.0 cm³/mol. The third-order valence-electron chi connectivity index (χ3n) is 2.51. The number of hydrogen-bond acceptors (Lipinski definition) is 3. The number of aryl methyl sites for hydroxylation is 1. The van der Waals surface area contributed by atoms with Crippen LogP contribution in [0.5, 0.6) is 0 Å². The summed E-state index contributed by atoms with van der Waals surface area (Å²) in [4.78, 5) is 1.40. The molecule has 1 aromatic heterocycles. The van der Waals surface area contributed by atoms with Crippen LogP contribution in [0.25, 0.3) is 0 Å². The molecule has 0 saturated carbocycles. The first kappa shape index (κ1) is 9.19. The van der Waals surface area contributed by atoms with Crippen molar-refractivity contribution < 1.29 is 9.84 Å². The molecule has 0 aromatic carbocycles. The van der Waals surface area contributed by atoms with E-state index in [1.54, 1.807) is 11.3 Å². The van der Waals surface area contributed by atoms with Crippen LogP contribution in [0.1, 0.15) is 11.3 Å². The Labute approximate surface area is 82.2 Å². The Morgan fingerprint density at radius 2 is 2.46 bits per heavy atom. The van der Waals surface area contributed by atoms with Crippen LogP contribution in [-0.4, -0.2) is 24.4 Å². The molecule has 0 bridgehead atoms. The van der Waals surface area contributed by atoms with Crippen molar-refractivity contribution in [2.45, 2.75) is 18.9 Å². The van der Waals surface area contributed by atoms with Gasteiger partial charge in [-0.05, 0) is 24.3 Å². The number of hydrogen-bond donors (Lipinski definition) is 1. The summed E-state index contributed by atoms with van der Waals surface area (Å²) in [5.41, 5.74) is 0. The van der Waals surface area contributed by atoms with E-state index in [1.165, 1.54) is 4.88 Å². The van der Waals surface area contributed by atoms with Crippen molar-refractivity contribution in [1.82, 2.24) is 0 Å².